The molecule has 1 aliphatic rings. The third-order valence-corrected chi connectivity index (χ3v) is 10.4. The standard InChI is InChI=1S/C34H50F3N.C8H18.CH4/c1-6-8-10-11-12-13-14-17-23-38-27(5)26(4)32-31(38)22-21-29(18-9-7-2)33(32)30(34(35,36)37)24-25(3)28-19-15-16-20-28;1-4-6-7-8(3)5-2;/h21-22,24H,6-20,23H2,1-5H3;8H,4-7H2,1-3H3;1H4/b30-24+;;. The van der Waals surface area contributed by atoms with E-state index in [0.717, 1.165) is 90.7 Å². The van der Waals surface area contributed by atoms with Gasteiger partial charge in [0.1, 0.15) is 0 Å². The highest BCUT2D eigenvalue weighted by molar-refractivity contribution is 5.98. The summed E-state index contributed by atoms with van der Waals surface area (Å²) in [6, 6.07) is 4.07. The van der Waals surface area contributed by atoms with Crippen molar-refractivity contribution in [3.63, 3.8) is 0 Å². The molecule has 0 amide bonds. The molecule has 1 aliphatic carbocycles. The zero-order valence-corrected chi connectivity index (χ0v) is 31.0. The predicted octanol–water partition coefficient (Wildman–Crippen LogP) is 15.4. The van der Waals surface area contributed by atoms with Crippen LogP contribution in [0.2, 0.25) is 0 Å². The number of unbranched alkanes of at least 4 members (excludes halogenated alkanes) is 9. The fraction of sp³-hybridized carbons (Fsp3) is 0.721. The molecule has 1 aromatic heterocycles. The van der Waals surface area contributed by atoms with Crippen molar-refractivity contribution in [1.82, 2.24) is 4.57 Å². The molecule has 4 heteroatoms. The number of hydrogen-bond acceptors (Lipinski definition) is 0. The van der Waals surface area contributed by atoms with Gasteiger partial charge in [-0.15, -0.1) is 0 Å². The summed E-state index contributed by atoms with van der Waals surface area (Å²) in [5.41, 5.74) is 5.85. The molecular formula is C43H72F3N. The van der Waals surface area contributed by atoms with E-state index in [1.54, 1.807) is 0 Å². The lowest BCUT2D eigenvalue weighted by Crippen LogP contribution is -2.14. The molecular weight excluding hydrogens is 587 g/mol. The second-order valence-electron chi connectivity index (χ2n) is 14.1. The van der Waals surface area contributed by atoms with E-state index in [-0.39, 0.29) is 7.43 Å². The highest BCUT2D eigenvalue weighted by Crippen LogP contribution is 2.43. The summed E-state index contributed by atoms with van der Waals surface area (Å²) >= 11 is 0. The molecule has 270 valence electrons. The predicted molar refractivity (Wildman–Crippen MR) is 204 cm³/mol. The molecule has 3 rings (SSSR count). The monoisotopic (exact) mass is 660 g/mol. The Morgan fingerprint density at radius 1 is 0.830 bits per heavy atom. The average molecular weight is 660 g/mol. The van der Waals surface area contributed by atoms with Gasteiger partial charge in [0.2, 0.25) is 0 Å². The summed E-state index contributed by atoms with van der Waals surface area (Å²) < 4.78 is 46.8. The molecule has 0 bridgehead atoms. The summed E-state index contributed by atoms with van der Waals surface area (Å²) in [7, 11) is 0. The van der Waals surface area contributed by atoms with Crippen molar-refractivity contribution in [2.24, 2.45) is 5.92 Å². The summed E-state index contributed by atoms with van der Waals surface area (Å²) in [4.78, 5) is 0. The van der Waals surface area contributed by atoms with E-state index in [2.05, 4.69) is 52.2 Å². The smallest absolute Gasteiger partial charge is 0.345 e. The Labute approximate surface area is 288 Å². The number of hydrogen-bond donors (Lipinski definition) is 0. The van der Waals surface area contributed by atoms with Gasteiger partial charge in [-0.05, 0) is 100 Å². The summed E-state index contributed by atoms with van der Waals surface area (Å²) in [6.07, 6.45) is 19.1. The number of aromatic nitrogens is 1. The van der Waals surface area contributed by atoms with Gasteiger partial charge in [-0.25, -0.2) is 0 Å². The minimum absolute atomic E-state index is 0. The normalized spacial score (nSPS) is 14.3. The van der Waals surface area contributed by atoms with Crippen molar-refractivity contribution in [3.8, 4) is 0 Å². The van der Waals surface area contributed by atoms with Crippen molar-refractivity contribution in [2.75, 3.05) is 0 Å². The average Bonchev–Trinajstić information content (AvgIpc) is 3.66. The van der Waals surface area contributed by atoms with Gasteiger partial charge in [-0.3, -0.25) is 0 Å². The molecule has 47 heavy (non-hydrogen) atoms. The highest BCUT2D eigenvalue weighted by Gasteiger charge is 2.37. The Bertz CT molecular complexity index is 1220. The number of benzene rings is 1. The van der Waals surface area contributed by atoms with Crippen LogP contribution in [-0.4, -0.2) is 10.7 Å². The molecule has 0 spiro atoms. The van der Waals surface area contributed by atoms with Crippen LogP contribution in [0.25, 0.3) is 16.5 Å². The van der Waals surface area contributed by atoms with Gasteiger partial charge in [0.15, 0.2) is 0 Å². The number of aryl methyl sites for hydroxylation is 3. The number of fused-ring (bicyclic) bond motifs is 1. The van der Waals surface area contributed by atoms with E-state index in [9.17, 15) is 13.2 Å². The molecule has 1 fully saturated rings. The second-order valence-corrected chi connectivity index (χ2v) is 14.1. The molecule has 1 nitrogen and oxygen atoms in total. The van der Waals surface area contributed by atoms with Crippen molar-refractivity contribution in [2.45, 2.75) is 198 Å². The Hall–Kier alpha value is -1.97. The molecule has 1 atom stereocenters. The maximum atomic E-state index is 14.8. The van der Waals surface area contributed by atoms with E-state index < -0.39 is 11.7 Å². The Morgan fingerprint density at radius 3 is 1.96 bits per heavy atom. The molecule has 2 aromatic rings. The first-order valence-electron chi connectivity index (χ1n) is 19.1. The molecule has 0 radical (unpaired) electrons. The van der Waals surface area contributed by atoms with Gasteiger partial charge in [0.25, 0.3) is 0 Å². The lowest BCUT2D eigenvalue weighted by Gasteiger charge is -2.19. The van der Waals surface area contributed by atoms with E-state index >= 15 is 0 Å². The van der Waals surface area contributed by atoms with Crippen molar-refractivity contribution < 1.29 is 13.2 Å². The Morgan fingerprint density at radius 2 is 1.40 bits per heavy atom. The van der Waals surface area contributed by atoms with Crippen LogP contribution in [0.4, 0.5) is 13.2 Å². The Balaban J connectivity index is 0.00000109. The van der Waals surface area contributed by atoms with E-state index in [4.69, 9.17) is 0 Å². The van der Waals surface area contributed by atoms with Gasteiger partial charge in [0, 0.05) is 23.1 Å². The number of nitrogens with zero attached hydrogens (tertiary/aromatic N) is 1. The van der Waals surface area contributed by atoms with Gasteiger partial charge >= 0.3 is 6.18 Å². The topological polar surface area (TPSA) is 4.93 Å². The number of alkyl halides is 3. The van der Waals surface area contributed by atoms with Gasteiger partial charge in [-0.1, -0.05) is 136 Å². The van der Waals surface area contributed by atoms with Gasteiger partial charge < -0.3 is 4.57 Å². The molecule has 1 saturated carbocycles. The zero-order chi connectivity index (χ0) is 34.1. The minimum atomic E-state index is -4.41. The van der Waals surface area contributed by atoms with Crippen LogP contribution in [-0.2, 0) is 13.0 Å². The van der Waals surface area contributed by atoms with Gasteiger partial charge in [0.05, 0.1) is 5.57 Å². The molecule has 0 N–H and O–H groups in total. The van der Waals surface area contributed by atoms with E-state index in [1.807, 2.05) is 19.9 Å². The van der Waals surface area contributed by atoms with Crippen LogP contribution in [0, 0.1) is 19.8 Å². The van der Waals surface area contributed by atoms with E-state index in [0.29, 0.717) is 12.0 Å². The SMILES string of the molecule is C.CCCCC(C)CC.CCCCCCCCCCn1c(C)c(C)c2c(/C(=C\C(C)=C3CCCC3)C(F)(F)F)c(CCCC)ccc21. The maximum absolute atomic E-state index is 14.8. The molecule has 1 unspecified atom stereocenters. The van der Waals surface area contributed by atoms with Crippen LogP contribution in [0.1, 0.15) is 187 Å². The van der Waals surface area contributed by atoms with Crippen molar-refractivity contribution in [1.29, 1.82) is 0 Å². The van der Waals surface area contributed by atoms with Crippen molar-refractivity contribution in [3.05, 3.63) is 51.7 Å². The molecule has 0 saturated heterocycles. The van der Waals surface area contributed by atoms with Crippen LogP contribution in [0.15, 0.2) is 29.4 Å². The van der Waals surface area contributed by atoms with Crippen LogP contribution < -0.4 is 0 Å². The Kier molecular flexibility index (Phi) is 20.7. The number of halogens is 3. The summed E-state index contributed by atoms with van der Waals surface area (Å²) in [5.74, 6) is 0.954. The fourth-order valence-electron chi connectivity index (χ4n) is 6.95. The molecule has 0 aliphatic heterocycles. The van der Waals surface area contributed by atoms with Crippen LogP contribution in [0.3, 0.4) is 0 Å². The highest BCUT2D eigenvalue weighted by atomic mass is 19.4. The maximum Gasteiger partial charge on any atom is 0.417 e. The fourth-order valence-corrected chi connectivity index (χ4v) is 6.95. The quantitative estimate of drug-likeness (QED) is 0.140. The summed E-state index contributed by atoms with van der Waals surface area (Å²) in [6.45, 7) is 18.0. The summed E-state index contributed by atoms with van der Waals surface area (Å²) in [5, 5.41) is 0.809. The molecule has 1 heterocycles. The second kappa shape index (κ2) is 22.6. The van der Waals surface area contributed by atoms with Crippen molar-refractivity contribution >= 4 is 16.5 Å². The van der Waals surface area contributed by atoms with Crippen LogP contribution in [0.5, 0.6) is 0 Å². The van der Waals surface area contributed by atoms with Gasteiger partial charge in [-0.2, -0.15) is 13.2 Å². The lowest BCUT2D eigenvalue weighted by molar-refractivity contribution is -0.0689. The first kappa shape index (κ1) is 43.1. The third-order valence-electron chi connectivity index (χ3n) is 10.4. The number of rotatable bonds is 18. The van der Waals surface area contributed by atoms with Crippen LogP contribution >= 0.6 is 0 Å². The largest absolute Gasteiger partial charge is 0.417 e. The number of allylic oxidation sites excluding steroid dienone is 4. The van der Waals surface area contributed by atoms with E-state index in [1.165, 1.54) is 82.3 Å². The third kappa shape index (κ3) is 13.5. The minimum Gasteiger partial charge on any atom is -0.345 e. The molecule has 1 aromatic carbocycles. The zero-order valence-electron chi connectivity index (χ0n) is 31.0. The first-order chi connectivity index (χ1) is 22.0. The first-order valence-corrected chi connectivity index (χ1v) is 19.1. The lowest BCUT2D eigenvalue weighted by atomic mass is 9.89.